The van der Waals surface area contributed by atoms with Gasteiger partial charge in [0.25, 0.3) is 0 Å². The molecule has 24 heteroatoms. The number of aliphatic hydroxyl groups is 13. The Kier molecular flexibility index (Phi) is 18.4. The standard InChI is InChI=1S/C43H70O24/c1-58-24-8-17(9-25(59-2)31(24)49)40-26(12-19-22(63-40)10-18(45)11-23(19)64-42-38(56)35(53)32(50)27(13-44)66-42)65-43-39(57)36(54)33(51)29(67-43)15-61-41-37(55)34(52)28(14-60-41)62-30(48)6-4-16-3-5-20(46)21(47)7-16/h4,6,16-29,31-47,49-57H,3,5,7-15H2,1-2H3/t16?,17?,18?,19?,20?,21?,22?,23?,24?,25?,26?,27-,28+,29-,31?,32-,33-,34-,35+,36+,37-,38-,39-,40?,41+,42-,43-/m1/s1. The molecule has 0 aromatic carbocycles. The van der Waals surface area contributed by atoms with Crippen molar-refractivity contribution in [1.82, 2.24) is 0 Å². The Bertz CT molecular complexity index is 1580. The van der Waals surface area contributed by atoms with Crippen LogP contribution in [-0.2, 0) is 52.2 Å². The Balaban J connectivity index is 1.03. The first-order valence-electron chi connectivity index (χ1n) is 23.1. The highest BCUT2D eigenvalue weighted by molar-refractivity contribution is 5.82. The first-order valence-corrected chi connectivity index (χ1v) is 23.1. The molecule has 11 unspecified atom stereocenters. The normalized spacial score (nSPS) is 51.0. The maximum absolute atomic E-state index is 12.6. The summed E-state index contributed by atoms with van der Waals surface area (Å²) in [6.07, 6.45) is -26.7. The third-order valence-electron chi connectivity index (χ3n) is 14.7. The van der Waals surface area contributed by atoms with Gasteiger partial charge < -0.3 is 114 Å². The molecule has 7 rings (SSSR count). The van der Waals surface area contributed by atoms with Crippen LogP contribution < -0.4 is 0 Å². The highest BCUT2D eigenvalue weighted by Crippen LogP contribution is 2.45. The summed E-state index contributed by atoms with van der Waals surface area (Å²) < 4.78 is 58.9. The van der Waals surface area contributed by atoms with Gasteiger partial charge >= 0.3 is 5.97 Å². The lowest BCUT2D eigenvalue weighted by Crippen LogP contribution is -2.64. The predicted molar refractivity (Wildman–Crippen MR) is 219 cm³/mol. The van der Waals surface area contributed by atoms with Crippen molar-refractivity contribution in [3.63, 3.8) is 0 Å². The zero-order valence-corrected chi connectivity index (χ0v) is 37.3. The van der Waals surface area contributed by atoms with Gasteiger partial charge in [-0.25, -0.2) is 4.79 Å². The molecule has 4 saturated heterocycles. The third-order valence-corrected chi connectivity index (χ3v) is 14.7. The van der Waals surface area contributed by atoms with Crippen molar-refractivity contribution in [3.05, 3.63) is 12.2 Å². The van der Waals surface area contributed by atoms with Crippen molar-refractivity contribution in [1.29, 1.82) is 0 Å². The molecule has 13 N–H and O–H groups in total. The largest absolute Gasteiger partial charge is 0.454 e. The van der Waals surface area contributed by atoms with Crippen molar-refractivity contribution < 1.29 is 119 Å². The summed E-state index contributed by atoms with van der Waals surface area (Å²) in [7, 11) is 2.89. The molecule has 0 aromatic rings. The van der Waals surface area contributed by atoms with Gasteiger partial charge in [0.1, 0.15) is 67.1 Å². The number of rotatable bonds is 14. The molecule has 24 nitrogen and oxygen atoms in total. The Labute approximate surface area is 386 Å². The van der Waals surface area contributed by atoms with E-state index in [1.807, 2.05) is 0 Å². The van der Waals surface area contributed by atoms with Crippen LogP contribution >= 0.6 is 0 Å². The third kappa shape index (κ3) is 12.0. The van der Waals surface area contributed by atoms with Crippen LogP contribution in [0.4, 0.5) is 0 Å². The number of allylic oxidation sites excluding steroid dienone is 1. The van der Waals surface area contributed by atoms with Gasteiger partial charge in [0, 0.05) is 32.6 Å². The minimum atomic E-state index is -1.86. The minimum absolute atomic E-state index is 0.0135. The summed E-state index contributed by atoms with van der Waals surface area (Å²) in [5.74, 6) is -2.07. The minimum Gasteiger partial charge on any atom is -0.454 e. The van der Waals surface area contributed by atoms with E-state index >= 15 is 0 Å². The Morgan fingerprint density at radius 1 is 0.582 bits per heavy atom. The van der Waals surface area contributed by atoms with E-state index in [9.17, 15) is 71.2 Å². The number of methoxy groups -OCH3 is 2. The van der Waals surface area contributed by atoms with Gasteiger partial charge in [0.2, 0.25) is 0 Å². The molecule has 3 aliphatic carbocycles. The van der Waals surface area contributed by atoms with Crippen LogP contribution in [-0.4, -0.2) is 253 Å². The zero-order chi connectivity index (χ0) is 48.4. The fourth-order valence-electron chi connectivity index (χ4n) is 10.7. The molecular weight excluding hydrogens is 900 g/mol. The molecule has 0 amide bonds. The van der Waals surface area contributed by atoms with Gasteiger partial charge in [-0.15, -0.1) is 0 Å². The molecule has 7 fully saturated rings. The van der Waals surface area contributed by atoms with Gasteiger partial charge in [-0.2, -0.15) is 0 Å². The average molecular weight is 971 g/mol. The van der Waals surface area contributed by atoms with E-state index in [0.717, 1.165) is 6.08 Å². The lowest BCUT2D eigenvalue weighted by molar-refractivity contribution is -0.350. The van der Waals surface area contributed by atoms with E-state index in [1.165, 1.54) is 14.2 Å². The SMILES string of the molecule is COC1CC(C2OC3CC(O)CC(O[C@@H]4O[C@H](CO)[C@@H](O)[C@H](O)[C@H]4O)C3CC2O[C@@H]2O[C@H](CO[C@@H]3OC[C@H](OC(=O)C=CC4CCC(O)C(O)C4)[C@@H](O)[C@H]3O)[C@@H](O)[C@H](O)[C@H]2O)CC(OC)C1O. The highest BCUT2D eigenvalue weighted by Gasteiger charge is 2.55. The van der Waals surface area contributed by atoms with Crippen LogP contribution in [0.25, 0.3) is 0 Å². The summed E-state index contributed by atoms with van der Waals surface area (Å²) in [5, 5.41) is 138. The first-order chi connectivity index (χ1) is 31.9. The van der Waals surface area contributed by atoms with Crippen LogP contribution in [0.5, 0.6) is 0 Å². The van der Waals surface area contributed by atoms with E-state index in [1.54, 1.807) is 6.08 Å². The quantitative estimate of drug-likeness (QED) is 0.0570. The molecule has 67 heavy (non-hydrogen) atoms. The molecular formula is C43H70O24. The van der Waals surface area contributed by atoms with Crippen molar-refractivity contribution in [2.24, 2.45) is 17.8 Å². The van der Waals surface area contributed by atoms with Gasteiger partial charge in [0.15, 0.2) is 25.0 Å². The molecule has 25 atom stereocenters. The van der Waals surface area contributed by atoms with Crippen LogP contribution in [0.15, 0.2) is 12.2 Å². The maximum atomic E-state index is 12.6. The van der Waals surface area contributed by atoms with Crippen molar-refractivity contribution in [3.8, 4) is 0 Å². The summed E-state index contributed by atoms with van der Waals surface area (Å²) in [6, 6.07) is 0. The monoisotopic (exact) mass is 970 g/mol. The van der Waals surface area contributed by atoms with Crippen LogP contribution in [0.1, 0.15) is 51.4 Å². The second kappa shape index (κ2) is 23.3. The fourth-order valence-corrected chi connectivity index (χ4v) is 10.7. The second-order valence-corrected chi connectivity index (χ2v) is 19.1. The number of hydrogen-bond donors (Lipinski definition) is 13. The Morgan fingerprint density at radius 3 is 1.82 bits per heavy atom. The molecule has 4 heterocycles. The smallest absolute Gasteiger partial charge is 0.330 e. The van der Waals surface area contributed by atoms with Crippen molar-refractivity contribution in [2.75, 3.05) is 34.0 Å². The van der Waals surface area contributed by atoms with Crippen molar-refractivity contribution >= 4 is 5.97 Å². The summed E-state index contributed by atoms with van der Waals surface area (Å²) in [5.41, 5.74) is 0. The molecule has 4 aliphatic heterocycles. The van der Waals surface area contributed by atoms with E-state index in [-0.39, 0.29) is 44.4 Å². The number of ether oxygens (including phenoxy) is 10. The Morgan fingerprint density at radius 2 is 1.19 bits per heavy atom. The molecule has 0 aromatic heterocycles. The fraction of sp³-hybridized carbons (Fsp3) is 0.930. The van der Waals surface area contributed by atoms with Crippen LogP contribution in [0, 0.1) is 17.8 Å². The van der Waals surface area contributed by atoms with Gasteiger partial charge in [-0.3, -0.25) is 0 Å². The predicted octanol–water partition coefficient (Wildman–Crippen LogP) is -5.82. The van der Waals surface area contributed by atoms with Crippen LogP contribution in [0.2, 0.25) is 0 Å². The summed E-state index contributed by atoms with van der Waals surface area (Å²) >= 11 is 0. The first kappa shape index (κ1) is 53.1. The van der Waals surface area contributed by atoms with Gasteiger partial charge in [-0.1, -0.05) is 6.08 Å². The molecule has 0 spiro atoms. The highest BCUT2D eigenvalue weighted by atomic mass is 16.7. The lowest BCUT2D eigenvalue weighted by Gasteiger charge is -2.53. The number of aliphatic hydroxyl groups excluding tert-OH is 13. The molecule has 0 radical (unpaired) electrons. The lowest BCUT2D eigenvalue weighted by atomic mass is 9.72. The molecule has 7 aliphatic rings. The van der Waals surface area contributed by atoms with Gasteiger partial charge in [0.05, 0.1) is 74.8 Å². The second-order valence-electron chi connectivity index (χ2n) is 19.1. The Hall–Kier alpha value is -1.67. The van der Waals surface area contributed by atoms with Gasteiger partial charge in [-0.05, 0) is 56.8 Å². The molecule has 0 bridgehead atoms. The number of esters is 1. The number of hydrogen-bond acceptors (Lipinski definition) is 24. The van der Waals surface area contributed by atoms with Crippen molar-refractivity contribution in [2.45, 2.75) is 198 Å². The molecule has 386 valence electrons. The van der Waals surface area contributed by atoms with Crippen LogP contribution in [0.3, 0.4) is 0 Å². The topological polar surface area (TPSA) is 372 Å². The number of carbonyl (C=O) groups is 1. The van der Waals surface area contributed by atoms with E-state index < -0.39 is 185 Å². The summed E-state index contributed by atoms with van der Waals surface area (Å²) in [6.45, 7) is -1.69. The zero-order valence-electron chi connectivity index (χ0n) is 37.3. The number of carbonyl (C=O) groups excluding carboxylic acids is 1. The number of fused-ring (bicyclic) bond motifs is 1. The summed E-state index contributed by atoms with van der Waals surface area (Å²) in [4.78, 5) is 12.6. The molecule has 3 saturated carbocycles. The average Bonchev–Trinajstić information content (AvgIpc) is 3.31. The van der Waals surface area contributed by atoms with E-state index in [0.29, 0.717) is 12.8 Å². The van der Waals surface area contributed by atoms with E-state index in [2.05, 4.69) is 0 Å². The maximum Gasteiger partial charge on any atom is 0.330 e. The van der Waals surface area contributed by atoms with E-state index in [4.69, 9.17) is 47.4 Å².